The first-order valence-corrected chi connectivity index (χ1v) is 41.0. The van der Waals surface area contributed by atoms with E-state index in [0.717, 1.165) is 26.1 Å². The van der Waals surface area contributed by atoms with Gasteiger partial charge in [0.15, 0.2) is 0 Å². The van der Waals surface area contributed by atoms with E-state index in [9.17, 15) is 0 Å². The van der Waals surface area contributed by atoms with Gasteiger partial charge in [-0.1, -0.05) is 335 Å². The number of aliphatic hydroxyl groups excluding tert-OH is 8. The molecule has 0 unspecified atom stereocenters. The largest absolute Gasteiger partial charge is 0.395 e. The summed E-state index contributed by atoms with van der Waals surface area (Å²) in [6, 6.07) is 0. The summed E-state index contributed by atoms with van der Waals surface area (Å²) < 4.78 is 0. The van der Waals surface area contributed by atoms with E-state index < -0.39 is 0 Å². The third kappa shape index (κ3) is 92.9. The highest BCUT2D eigenvalue weighted by Crippen LogP contribution is 2.17. The minimum Gasteiger partial charge on any atom is -0.395 e. The summed E-state index contributed by atoms with van der Waals surface area (Å²) in [5.41, 5.74) is 0. The molecule has 12 nitrogen and oxygen atoms in total. The molecule has 0 aliphatic rings. The lowest BCUT2D eigenvalue weighted by Gasteiger charge is -2.19. The van der Waals surface area contributed by atoms with E-state index in [0.29, 0.717) is 52.4 Å². The summed E-state index contributed by atoms with van der Waals surface area (Å²) >= 11 is 0. The highest BCUT2D eigenvalue weighted by atomic mass is 16.3. The Balaban J connectivity index is -0.000000572. The maximum absolute atomic E-state index is 8.97. The van der Waals surface area contributed by atoms with Gasteiger partial charge < -0.3 is 45.8 Å². The summed E-state index contributed by atoms with van der Waals surface area (Å²) in [6.45, 7) is 18.9. The number of hydrogen-bond acceptors (Lipinski definition) is 12. The number of hydrogen-bond donors (Lipinski definition) is 8. The maximum atomic E-state index is 8.97. The van der Waals surface area contributed by atoms with E-state index >= 15 is 0 Å². The number of unbranched alkanes of at least 4 members (excludes halogenated alkanes) is 49. The van der Waals surface area contributed by atoms with Crippen molar-refractivity contribution >= 4 is 0 Å². The topological polar surface area (TPSA) is 175 Å². The van der Waals surface area contributed by atoms with Crippen LogP contribution in [0.4, 0.5) is 0 Å². The summed E-state index contributed by atoms with van der Waals surface area (Å²) in [4.78, 5) is 8.42. The molecule has 0 atom stereocenters. The summed E-state index contributed by atoms with van der Waals surface area (Å²) in [5, 5.41) is 71.5. The molecule has 0 aromatic carbocycles. The van der Waals surface area contributed by atoms with Crippen molar-refractivity contribution in [2.75, 3.05) is 125 Å². The molecule has 0 saturated carbocycles. The molecule has 8 N–H and O–H groups in total. The van der Waals surface area contributed by atoms with Crippen molar-refractivity contribution in [3.63, 3.8) is 0 Å². The Morgan fingerprint density at radius 1 is 0.172 bits per heavy atom. The van der Waals surface area contributed by atoms with E-state index in [2.05, 4.69) is 60.6 Å². The summed E-state index contributed by atoms with van der Waals surface area (Å²) in [5.74, 6) is 0. The van der Waals surface area contributed by atoms with Gasteiger partial charge in [-0.15, -0.1) is 0 Å². The Kier molecular flexibility index (Phi) is 100. The smallest absolute Gasteiger partial charge is 0.0606 e. The molecule has 0 spiro atoms. The Hall–Kier alpha value is -1.16. The average molecular weight is 1330 g/mol. The van der Waals surface area contributed by atoms with Crippen LogP contribution in [0.3, 0.4) is 0 Å². The molecule has 12 heteroatoms. The van der Waals surface area contributed by atoms with Crippen molar-refractivity contribution in [2.24, 2.45) is 0 Å². The van der Waals surface area contributed by atoms with Gasteiger partial charge in [0.05, 0.1) is 52.9 Å². The molecule has 0 heterocycles. The lowest BCUT2D eigenvalue weighted by Crippen LogP contribution is -2.30. The van der Waals surface area contributed by atoms with Gasteiger partial charge in [-0.25, -0.2) is 0 Å². The predicted octanol–water partition coefficient (Wildman–Crippen LogP) is 19.3. The fourth-order valence-corrected chi connectivity index (χ4v) is 12.2. The zero-order chi connectivity index (χ0) is 68.8. The molecule has 93 heavy (non-hydrogen) atoms. The van der Waals surface area contributed by atoms with Crippen LogP contribution in [0.15, 0.2) is 24.4 Å². The van der Waals surface area contributed by atoms with Gasteiger partial charge in [-0.05, 0) is 83.6 Å². The van der Waals surface area contributed by atoms with Gasteiger partial charge in [-0.2, -0.15) is 0 Å². The second kappa shape index (κ2) is 95.0. The van der Waals surface area contributed by atoms with Crippen molar-refractivity contribution in [3.05, 3.63) is 24.4 Å². The molecule has 0 aliphatic heterocycles. The third-order valence-corrected chi connectivity index (χ3v) is 18.2. The van der Waals surface area contributed by atoms with E-state index in [1.807, 2.05) is 11.1 Å². The second-order valence-electron chi connectivity index (χ2n) is 27.2. The standard InChI is InChI=1S/C22H47NO2.2C22H45NO2.C15H33NO2/c3*1-2-3-4-5-6-7-8-9-10-11-12-13-14-15-16-17-18-23(19-21-24)20-22-25;1-2-3-4-5-6-7-8-9-10-11-16(12-14-17)13-15-18/h24-25H,2-22H2,1H3;17-18,24-25H,2-16,19-22H2,1H3;9-10,24-25H,2-8,11-22H2,1H3;17-18H,2-15H2,1H3. The Labute approximate surface area is 581 Å². The zero-order valence-electron chi connectivity index (χ0n) is 63.3. The predicted molar refractivity (Wildman–Crippen MR) is 408 cm³/mol. The number of nitrogens with zero attached hydrogens (tertiary/aromatic N) is 4. The van der Waals surface area contributed by atoms with Crippen LogP contribution in [-0.4, -0.2) is 185 Å². The Morgan fingerprint density at radius 3 is 0.516 bits per heavy atom. The first-order chi connectivity index (χ1) is 45.9. The summed E-state index contributed by atoms with van der Waals surface area (Å²) in [7, 11) is 0. The van der Waals surface area contributed by atoms with Gasteiger partial charge in [0.2, 0.25) is 0 Å². The van der Waals surface area contributed by atoms with Crippen LogP contribution < -0.4 is 0 Å². The SMILES string of the molecule is CCCCCCCCC=CCCCCCCCCN(CCO)CCO.CCCCCCCCCCCCCCCCC=CN(CCO)CCO.CCCCCCCCCCCCCCCCCCN(CCO)CCO.CCCCCCCCCCCN(CCO)CCO. The van der Waals surface area contributed by atoms with E-state index in [-0.39, 0.29) is 52.9 Å². The van der Waals surface area contributed by atoms with E-state index in [1.54, 1.807) is 0 Å². The van der Waals surface area contributed by atoms with Crippen molar-refractivity contribution in [3.8, 4) is 0 Å². The molecule has 0 aromatic heterocycles. The molecular weight excluding hydrogens is 1160 g/mol. The number of aliphatic hydroxyl groups is 8. The van der Waals surface area contributed by atoms with E-state index in [4.69, 9.17) is 40.9 Å². The molecule has 0 fully saturated rings. The average Bonchev–Trinajstić information content (AvgIpc) is 3.68. The number of allylic oxidation sites excluding steroid dienone is 3. The first kappa shape index (κ1) is 98.2. The second-order valence-corrected chi connectivity index (χ2v) is 27.2. The van der Waals surface area contributed by atoms with Crippen LogP contribution in [0, 0.1) is 0 Å². The highest BCUT2D eigenvalue weighted by Gasteiger charge is 2.06. The maximum Gasteiger partial charge on any atom is 0.0606 e. The van der Waals surface area contributed by atoms with Crippen molar-refractivity contribution < 1.29 is 40.9 Å². The summed E-state index contributed by atoms with van der Waals surface area (Å²) in [6.07, 6.45) is 82.6. The van der Waals surface area contributed by atoms with Crippen LogP contribution in [0.25, 0.3) is 0 Å². The highest BCUT2D eigenvalue weighted by molar-refractivity contribution is 4.83. The molecule has 0 aliphatic carbocycles. The molecule has 0 rings (SSSR count). The van der Waals surface area contributed by atoms with Crippen LogP contribution in [0.2, 0.25) is 0 Å². The fraction of sp³-hybridized carbons (Fsp3) is 0.951. The normalized spacial score (nSPS) is 11.6. The Bertz CT molecular complexity index is 1280. The fourth-order valence-electron chi connectivity index (χ4n) is 12.2. The molecule has 0 bridgehead atoms. The zero-order valence-corrected chi connectivity index (χ0v) is 63.3. The van der Waals surface area contributed by atoms with Crippen LogP contribution in [0.1, 0.15) is 374 Å². The lowest BCUT2D eigenvalue weighted by atomic mass is 10.0. The minimum absolute atomic E-state index is 0.142. The van der Waals surface area contributed by atoms with Crippen LogP contribution in [-0.2, 0) is 0 Å². The minimum atomic E-state index is 0.142. The van der Waals surface area contributed by atoms with Crippen molar-refractivity contribution in [1.82, 2.24) is 19.6 Å². The van der Waals surface area contributed by atoms with E-state index in [1.165, 1.54) is 340 Å². The molecule has 0 aromatic rings. The molecule has 0 radical (unpaired) electrons. The Morgan fingerprint density at radius 2 is 0.333 bits per heavy atom. The van der Waals surface area contributed by atoms with Gasteiger partial charge in [-0.3, -0.25) is 14.7 Å². The van der Waals surface area contributed by atoms with Gasteiger partial charge >= 0.3 is 0 Å². The van der Waals surface area contributed by atoms with Gasteiger partial charge in [0, 0.05) is 52.4 Å². The number of rotatable bonds is 75. The van der Waals surface area contributed by atoms with Crippen LogP contribution in [0.5, 0.6) is 0 Å². The van der Waals surface area contributed by atoms with Gasteiger partial charge in [0.25, 0.3) is 0 Å². The lowest BCUT2D eigenvalue weighted by molar-refractivity contribution is 0.158. The van der Waals surface area contributed by atoms with Gasteiger partial charge in [0.1, 0.15) is 0 Å². The van der Waals surface area contributed by atoms with Crippen molar-refractivity contribution in [2.45, 2.75) is 374 Å². The van der Waals surface area contributed by atoms with Crippen molar-refractivity contribution in [1.29, 1.82) is 0 Å². The molecule has 0 amide bonds. The first-order valence-electron chi connectivity index (χ1n) is 41.0. The third-order valence-electron chi connectivity index (χ3n) is 18.2. The molecule has 0 saturated heterocycles. The van der Waals surface area contributed by atoms with Crippen LogP contribution >= 0.6 is 0 Å². The monoisotopic (exact) mass is 1330 g/mol. The molecule has 562 valence electrons. The quantitative estimate of drug-likeness (QED) is 0.0214. The molecular formula is C81H170N4O8.